The van der Waals surface area contributed by atoms with Crippen molar-refractivity contribution in [2.75, 3.05) is 12.4 Å². The maximum atomic E-state index is 12.7. The molecule has 4 N–H and O–H groups in total. The second kappa shape index (κ2) is 8.32. The number of aromatic nitrogens is 1. The molecule has 1 aromatic carbocycles. The molecule has 3 rings (SSSR count). The molecule has 0 unspecified atom stereocenters. The number of hydrogen-bond acceptors (Lipinski definition) is 5. The Hall–Kier alpha value is -3.39. The molecule has 150 valence electrons. The van der Waals surface area contributed by atoms with Gasteiger partial charge in [-0.05, 0) is 42.7 Å². The van der Waals surface area contributed by atoms with Crippen LogP contribution in [0.4, 0.5) is 5.69 Å². The van der Waals surface area contributed by atoms with Crippen molar-refractivity contribution < 1.29 is 14.3 Å². The van der Waals surface area contributed by atoms with E-state index in [0.29, 0.717) is 23.0 Å². The molecule has 2 heterocycles. The largest absolute Gasteiger partial charge is 0.481 e. The van der Waals surface area contributed by atoms with Crippen LogP contribution in [0.15, 0.2) is 45.5 Å². The van der Waals surface area contributed by atoms with E-state index in [1.165, 1.54) is 31.4 Å². The summed E-state index contributed by atoms with van der Waals surface area (Å²) in [7, 11) is 1.52. The van der Waals surface area contributed by atoms with Gasteiger partial charge < -0.3 is 20.8 Å². The molecule has 1 aliphatic rings. The van der Waals surface area contributed by atoms with Crippen LogP contribution in [-0.4, -0.2) is 23.9 Å². The van der Waals surface area contributed by atoms with Crippen molar-refractivity contribution >= 4 is 35.2 Å². The molecule has 1 aromatic heterocycles. The molecule has 29 heavy (non-hydrogen) atoms. The monoisotopic (exact) mass is 414 g/mol. The smallest absolute Gasteiger partial charge is 0.262 e. The fourth-order valence-corrected chi connectivity index (χ4v) is 3.07. The Morgan fingerprint density at radius 2 is 2.10 bits per heavy atom. The molecule has 0 atom stereocenters. The van der Waals surface area contributed by atoms with E-state index in [-0.39, 0.29) is 21.8 Å². The summed E-state index contributed by atoms with van der Waals surface area (Å²) >= 11 is 6.08. The number of allylic oxidation sites excluding steroid dienone is 1. The third-order valence-electron chi connectivity index (χ3n) is 4.50. The molecular weight excluding hydrogens is 396 g/mol. The summed E-state index contributed by atoms with van der Waals surface area (Å²) in [6.07, 6.45) is 3.19. The number of anilines is 1. The van der Waals surface area contributed by atoms with Crippen molar-refractivity contribution in [3.05, 3.63) is 72.9 Å². The number of halogens is 1. The average molecular weight is 415 g/mol. The van der Waals surface area contributed by atoms with E-state index in [1.54, 1.807) is 0 Å². The number of nitrogens with two attached hydrogens (primary N) is 1. The summed E-state index contributed by atoms with van der Waals surface area (Å²) in [6.45, 7) is 1.99. The van der Waals surface area contributed by atoms with Gasteiger partial charge in [-0.3, -0.25) is 14.4 Å². The summed E-state index contributed by atoms with van der Waals surface area (Å²) in [4.78, 5) is 43.5. The van der Waals surface area contributed by atoms with Crippen LogP contribution < -0.4 is 27.3 Å². The first-order chi connectivity index (χ1) is 13.8. The van der Waals surface area contributed by atoms with Gasteiger partial charge in [0.15, 0.2) is 0 Å². The highest BCUT2D eigenvalue weighted by atomic mass is 35.5. The summed E-state index contributed by atoms with van der Waals surface area (Å²) in [5.41, 5.74) is 6.18. The van der Waals surface area contributed by atoms with Crippen molar-refractivity contribution in [2.24, 2.45) is 10.7 Å². The van der Waals surface area contributed by atoms with Crippen molar-refractivity contribution in [1.29, 1.82) is 0 Å². The molecule has 2 amide bonds. The number of nitrogens with one attached hydrogen (secondary N) is 2. The number of fused-ring (bicyclic) bond motifs is 1. The summed E-state index contributed by atoms with van der Waals surface area (Å²) < 4.78 is 5.31. The lowest BCUT2D eigenvalue weighted by Crippen LogP contribution is -2.38. The lowest BCUT2D eigenvalue weighted by molar-refractivity contribution is 0.0996. The van der Waals surface area contributed by atoms with Crippen molar-refractivity contribution in [1.82, 2.24) is 4.98 Å². The Labute approximate surface area is 170 Å². The van der Waals surface area contributed by atoms with Crippen molar-refractivity contribution in [3.63, 3.8) is 0 Å². The first-order valence-corrected chi connectivity index (χ1v) is 9.20. The molecule has 0 aliphatic carbocycles. The van der Waals surface area contributed by atoms with Crippen LogP contribution in [-0.2, 0) is 4.74 Å². The van der Waals surface area contributed by atoms with Gasteiger partial charge in [0.05, 0.1) is 17.8 Å². The van der Waals surface area contributed by atoms with Crippen LogP contribution in [0.1, 0.15) is 40.5 Å². The number of nitrogens with zero attached hydrogens (tertiary/aromatic N) is 1. The topological polar surface area (TPSA) is 127 Å². The number of methoxy groups -OCH3 is 1. The van der Waals surface area contributed by atoms with Crippen LogP contribution >= 0.6 is 11.6 Å². The molecule has 1 aliphatic heterocycles. The predicted molar refractivity (Wildman–Crippen MR) is 109 cm³/mol. The van der Waals surface area contributed by atoms with Crippen LogP contribution in [0.25, 0.3) is 6.08 Å². The minimum Gasteiger partial charge on any atom is -0.481 e. The number of primary amides is 1. The van der Waals surface area contributed by atoms with Crippen molar-refractivity contribution in [2.45, 2.75) is 19.8 Å². The first kappa shape index (κ1) is 20.3. The summed E-state index contributed by atoms with van der Waals surface area (Å²) in [5.74, 6) is -0.888. The van der Waals surface area contributed by atoms with Crippen LogP contribution in [0.5, 0.6) is 0 Å². The van der Waals surface area contributed by atoms with Crippen LogP contribution in [0.2, 0.25) is 5.02 Å². The van der Waals surface area contributed by atoms with E-state index in [2.05, 4.69) is 15.3 Å². The molecule has 2 aromatic rings. The molecule has 0 radical (unpaired) electrons. The lowest BCUT2D eigenvalue weighted by atomic mass is 10.1. The van der Waals surface area contributed by atoms with Gasteiger partial charge >= 0.3 is 0 Å². The number of amides is 2. The minimum absolute atomic E-state index is 0.116. The molecule has 0 saturated carbocycles. The second-order valence-corrected chi connectivity index (χ2v) is 6.72. The maximum absolute atomic E-state index is 12.7. The number of benzene rings is 1. The highest BCUT2D eigenvalue weighted by Crippen LogP contribution is 2.23. The maximum Gasteiger partial charge on any atom is 0.262 e. The zero-order valence-electron chi connectivity index (χ0n) is 15.8. The Balaban J connectivity index is 2.01. The van der Waals surface area contributed by atoms with E-state index in [1.807, 2.05) is 13.0 Å². The average Bonchev–Trinajstić information content (AvgIpc) is 2.86. The Morgan fingerprint density at radius 3 is 2.76 bits per heavy atom. The van der Waals surface area contributed by atoms with Gasteiger partial charge in [-0.1, -0.05) is 24.6 Å². The normalized spacial score (nSPS) is 12.9. The molecule has 0 saturated heterocycles. The molecule has 0 bridgehead atoms. The van der Waals surface area contributed by atoms with E-state index in [4.69, 9.17) is 22.1 Å². The highest BCUT2D eigenvalue weighted by Gasteiger charge is 2.16. The number of rotatable bonds is 5. The van der Waals surface area contributed by atoms with Gasteiger partial charge in [-0.15, -0.1) is 0 Å². The quantitative estimate of drug-likeness (QED) is 0.684. The Kier molecular flexibility index (Phi) is 5.84. The lowest BCUT2D eigenvalue weighted by Gasteiger charge is -2.08. The first-order valence-electron chi connectivity index (χ1n) is 8.83. The Bertz CT molecular complexity index is 1210. The minimum atomic E-state index is -0.675. The van der Waals surface area contributed by atoms with E-state index in [9.17, 15) is 14.4 Å². The highest BCUT2D eigenvalue weighted by molar-refractivity contribution is 6.34. The number of H-pyrrole nitrogens is 1. The molecule has 0 spiro atoms. The number of carbonyl (C=O) groups is 2. The SMILES string of the molecule is CCC1=C(OC)N=c2[nH]c(=O)c(C(=O)Nc3cc(C(N)=O)ccc3Cl)cc2=CC1. The third kappa shape index (κ3) is 4.22. The van der Waals surface area contributed by atoms with E-state index < -0.39 is 17.4 Å². The standard InChI is InChI=1S/C20H19ClN4O4/c1-3-10-4-5-12-8-13(19(28)24-17(12)25-20(10)29-2)18(27)23-15-9-11(16(22)26)6-7-14(15)21/h5-9H,3-4H2,1-2H3,(H2,22,26)(H,23,27)(H,24,25,28). The zero-order chi connectivity index (χ0) is 21.1. The number of carbonyl (C=O) groups excluding carboxylic acids is 2. The molecule has 9 heteroatoms. The number of ether oxygens (including phenoxy) is 1. The van der Waals surface area contributed by atoms with Crippen LogP contribution in [0, 0.1) is 0 Å². The van der Waals surface area contributed by atoms with Gasteiger partial charge in [0, 0.05) is 10.8 Å². The number of hydrogen-bond donors (Lipinski definition) is 3. The fraction of sp³-hybridized carbons (Fsp3) is 0.200. The number of aromatic amines is 1. The zero-order valence-corrected chi connectivity index (χ0v) is 16.6. The Morgan fingerprint density at radius 1 is 1.34 bits per heavy atom. The van der Waals surface area contributed by atoms with Crippen LogP contribution in [0.3, 0.4) is 0 Å². The van der Waals surface area contributed by atoms with Gasteiger partial charge in [-0.25, -0.2) is 0 Å². The third-order valence-corrected chi connectivity index (χ3v) is 4.83. The van der Waals surface area contributed by atoms with Gasteiger partial charge in [0.1, 0.15) is 11.1 Å². The molecule has 0 fully saturated rings. The summed E-state index contributed by atoms with van der Waals surface area (Å²) in [6, 6.07) is 5.70. The summed E-state index contributed by atoms with van der Waals surface area (Å²) in [5, 5.41) is 3.35. The molecule has 8 nitrogen and oxygen atoms in total. The van der Waals surface area contributed by atoms with Crippen molar-refractivity contribution in [3.8, 4) is 0 Å². The van der Waals surface area contributed by atoms with E-state index >= 15 is 0 Å². The predicted octanol–water partition coefficient (Wildman–Crippen LogP) is 1.45. The fourth-order valence-electron chi connectivity index (χ4n) is 2.90. The van der Waals surface area contributed by atoms with Gasteiger partial charge in [0.25, 0.3) is 11.5 Å². The van der Waals surface area contributed by atoms with E-state index in [0.717, 1.165) is 12.0 Å². The second-order valence-electron chi connectivity index (χ2n) is 6.32. The van der Waals surface area contributed by atoms with Gasteiger partial charge in [0.2, 0.25) is 11.8 Å². The number of pyridine rings is 1. The molecular formula is C20H19ClN4O4. The van der Waals surface area contributed by atoms with Gasteiger partial charge in [-0.2, -0.15) is 4.99 Å².